The summed E-state index contributed by atoms with van der Waals surface area (Å²) in [5, 5.41) is 4.45. The highest BCUT2D eigenvalue weighted by Crippen LogP contribution is 2.16. The highest BCUT2D eigenvalue weighted by atomic mass is 19.1. The van der Waals surface area contributed by atoms with Crippen LogP contribution in [0.15, 0.2) is 24.3 Å². The van der Waals surface area contributed by atoms with E-state index in [9.17, 15) is 14.0 Å². The molecule has 1 aromatic rings. The molecule has 3 amide bonds. The van der Waals surface area contributed by atoms with Crippen LogP contribution >= 0.6 is 0 Å². The number of carbonyl (C=O) groups excluding carboxylic acids is 2. The number of imide groups is 1. The van der Waals surface area contributed by atoms with E-state index in [0.717, 1.165) is 0 Å². The van der Waals surface area contributed by atoms with Crippen LogP contribution in [0, 0.1) is 5.82 Å². The highest BCUT2D eigenvalue weighted by Gasteiger charge is 2.30. The van der Waals surface area contributed by atoms with Crippen LogP contribution in [0.3, 0.4) is 0 Å². The maximum Gasteiger partial charge on any atom is 0.322 e. The van der Waals surface area contributed by atoms with Crippen molar-refractivity contribution in [2.24, 2.45) is 0 Å². The number of benzene rings is 1. The third-order valence-corrected chi connectivity index (χ3v) is 1.96. The fourth-order valence-corrected chi connectivity index (χ4v) is 1.34. The Kier molecular flexibility index (Phi) is 1.92. The van der Waals surface area contributed by atoms with Gasteiger partial charge in [0.1, 0.15) is 11.9 Å². The summed E-state index contributed by atoms with van der Waals surface area (Å²) in [4.78, 5) is 22.0. The van der Waals surface area contributed by atoms with Crippen molar-refractivity contribution in [1.82, 2.24) is 10.6 Å². The van der Waals surface area contributed by atoms with E-state index >= 15 is 0 Å². The number of hydrogen-bond donors (Lipinski definition) is 2. The minimum absolute atomic E-state index is 0.434. The van der Waals surface area contributed by atoms with Crippen LogP contribution in [0.5, 0.6) is 0 Å². The van der Waals surface area contributed by atoms with Crippen LogP contribution in [0.25, 0.3) is 0 Å². The van der Waals surface area contributed by atoms with E-state index in [1.807, 2.05) is 0 Å². The van der Waals surface area contributed by atoms with E-state index in [4.69, 9.17) is 0 Å². The fourth-order valence-electron chi connectivity index (χ4n) is 1.34. The third kappa shape index (κ3) is 1.44. The summed E-state index contributed by atoms with van der Waals surface area (Å²) < 4.78 is 12.8. The van der Waals surface area contributed by atoms with Crippen molar-refractivity contribution in [3.05, 3.63) is 35.6 Å². The van der Waals surface area contributed by atoms with Crippen molar-refractivity contribution in [2.75, 3.05) is 0 Å². The molecule has 2 N–H and O–H groups in total. The van der Waals surface area contributed by atoms with Crippen LogP contribution < -0.4 is 10.6 Å². The molecule has 1 heterocycles. The molecule has 1 fully saturated rings. The van der Waals surface area contributed by atoms with E-state index in [1.165, 1.54) is 18.2 Å². The van der Waals surface area contributed by atoms with E-state index in [2.05, 4.69) is 10.6 Å². The fraction of sp³-hybridized carbons (Fsp3) is 0.111. The number of amides is 3. The molecule has 0 bridgehead atoms. The van der Waals surface area contributed by atoms with Gasteiger partial charge in [-0.2, -0.15) is 0 Å². The normalized spacial score (nSPS) is 20.5. The number of hydrogen-bond acceptors (Lipinski definition) is 2. The van der Waals surface area contributed by atoms with Crippen LogP contribution in [0.1, 0.15) is 11.6 Å². The Morgan fingerprint density at radius 2 is 2.07 bits per heavy atom. The molecule has 0 unspecified atom stereocenters. The smallest absolute Gasteiger partial charge is 0.322 e. The average molecular weight is 194 g/mol. The molecule has 1 aliphatic heterocycles. The van der Waals surface area contributed by atoms with Gasteiger partial charge in [-0.05, 0) is 17.7 Å². The first-order chi connectivity index (χ1) is 6.66. The maximum absolute atomic E-state index is 12.8. The van der Waals surface area contributed by atoms with E-state index < -0.39 is 23.8 Å². The lowest BCUT2D eigenvalue weighted by Crippen LogP contribution is -2.22. The summed E-state index contributed by atoms with van der Waals surface area (Å²) in [6.07, 6.45) is 0. The van der Waals surface area contributed by atoms with Gasteiger partial charge in [-0.15, -0.1) is 0 Å². The van der Waals surface area contributed by atoms with E-state index in [1.54, 1.807) is 6.07 Å². The topological polar surface area (TPSA) is 58.2 Å². The lowest BCUT2D eigenvalue weighted by molar-refractivity contribution is -0.120. The van der Waals surface area contributed by atoms with E-state index in [-0.39, 0.29) is 0 Å². The predicted molar refractivity (Wildman–Crippen MR) is 45.8 cm³/mol. The Bertz CT molecular complexity index is 406. The minimum Gasteiger partial charge on any atom is -0.322 e. The van der Waals surface area contributed by atoms with Gasteiger partial charge in [-0.25, -0.2) is 9.18 Å². The summed E-state index contributed by atoms with van der Waals surface area (Å²) >= 11 is 0. The molecular weight excluding hydrogens is 187 g/mol. The van der Waals surface area contributed by atoms with Crippen LogP contribution in [-0.2, 0) is 4.79 Å². The van der Waals surface area contributed by atoms with Crippen molar-refractivity contribution in [3.8, 4) is 0 Å². The van der Waals surface area contributed by atoms with Gasteiger partial charge in [-0.3, -0.25) is 10.1 Å². The zero-order valence-corrected chi connectivity index (χ0v) is 7.08. The molecule has 1 aliphatic rings. The lowest BCUT2D eigenvalue weighted by atomic mass is 10.1. The quantitative estimate of drug-likeness (QED) is 0.647. The largest absolute Gasteiger partial charge is 0.322 e. The predicted octanol–water partition coefficient (Wildman–Crippen LogP) is 0.706. The Labute approximate surface area is 79.1 Å². The first-order valence-corrected chi connectivity index (χ1v) is 4.03. The number of rotatable bonds is 1. The molecule has 4 nitrogen and oxygen atoms in total. The number of urea groups is 1. The van der Waals surface area contributed by atoms with Crippen LogP contribution in [-0.4, -0.2) is 11.9 Å². The van der Waals surface area contributed by atoms with Gasteiger partial charge in [0.25, 0.3) is 5.91 Å². The van der Waals surface area contributed by atoms with Crippen molar-refractivity contribution in [1.29, 1.82) is 0 Å². The zero-order valence-electron chi connectivity index (χ0n) is 7.08. The minimum atomic E-state index is -0.779. The maximum atomic E-state index is 12.8. The molecule has 5 heteroatoms. The lowest BCUT2D eigenvalue weighted by Gasteiger charge is -2.06. The van der Waals surface area contributed by atoms with Crippen LogP contribution in [0.2, 0.25) is 0 Å². The Hall–Kier alpha value is -1.91. The second-order valence-corrected chi connectivity index (χ2v) is 2.95. The number of halogens is 1. The first kappa shape index (κ1) is 8.68. The molecule has 1 saturated heterocycles. The Morgan fingerprint density at radius 1 is 1.29 bits per heavy atom. The molecule has 0 spiro atoms. The van der Waals surface area contributed by atoms with Gasteiger partial charge >= 0.3 is 6.03 Å². The standard InChI is InChI=1S/C9H7FN2O2/c10-6-3-1-2-5(4-6)7-8(13)12-9(14)11-7/h1-4,7H,(H2,11,12,13,14)/t7-/m0/s1. The zero-order chi connectivity index (χ0) is 10.1. The first-order valence-electron chi connectivity index (χ1n) is 4.03. The molecule has 2 rings (SSSR count). The van der Waals surface area contributed by atoms with Gasteiger partial charge in [-0.1, -0.05) is 12.1 Å². The molecule has 0 saturated carbocycles. The van der Waals surface area contributed by atoms with Gasteiger partial charge in [0.15, 0.2) is 0 Å². The van der Waals surface area contributed by atoms with Crippen molar-refractivity contribution in [3.63, 3.8) is 0 Å². The van der Waals surface area contributed by atoms with Crippen molar-refractivity contribution < 1.29 is 14.0 Å². The SMILES string of the molecule is O=C1NC(=O)[C@H](c2cccc(F)c2)N1. The molecule has 0 aliphatic carbocycles. The molecule has 1 aromatic carbocycles. The molecule has 1 atom stereocenters. The van der Waals surface area contributed by atoms with Crippen molar-refractivity contribution in [2.45, 2.75) is 6.04 Å². The summed E-state index contributed by atoms with van der Waals surface area (Å²) in [5.41, 5.74) is 0.438. The average Bonchev–Trinajstić information content (AvgIpc) is 2.45. The summed E-state index contributed by atoms with van der Waals surface area (Å²) in [7, 11) is 0. The monoisotopic (exact) mass is 194 g/mol. The number of carbonyl (C=O) groups is 2. The van der Waals surface area contributed by atoms with Gasteiger partial charge in [0, 0.05) is 0 Å². The summed E-state index contributed by atoms with van der Waals surface area (Å²) in [6, 6.07) is 4.23. The Morgan fingerprint density at radius 3 is 2.64 bits per heavy atom. The third-order valence-electron chi connectivity index (χ3n) is 1.96. The van der Waals surface area contributed by atoms with Gasteiger partial charge < -0.3 is 5.32 Å². The molecule has 14 heavy (non-hydrogen) atoms. The molecule has 0 radical (unpaired) electrons. The van der Waals surface area contributed by atoms with E-state index in [0.29, 0.717) is 5.56 Å². The Balaban J connectivity index is 2.31. The second kappa shape index (κ2) is 3.10. The summed E-state index contributed by atoms with van der Waals surface area (Å²) in [5.74, 6) is -0.892. The molecule has 0 aromatic heterocycles. The molecule has 72 valence electrons. The van der Waals surface area contributed by atoms with Crippen LogP contribution in [0.4, 0.5) is 9.18 Å². The summed E-state index contributed by atoms with van der Waals surface area (Å²) in [6.45, 7) is 0. The number of nitrogens with one attached hydrogen (secondary N) is 2. The van der Waals surface area contributed by atoms with Crippen molar-refractivity contribution >= 4 is 11.9 Å². The van der Waals surface area contributed by atoms with Gasteiger partial charge in [0.05, 0.1) is 0 Å². The van der Waals surface area contributed by atoms with Gasteiger partial charge in [0.2, 0.25) is 0 Å². The molecular formula is C9H7FN2O2. The highest BCUT2D eigenvalue weighted by molar-refractivity contribution is 6.04. The second-order valence-electron chi connectivity index (χ2n) is 2.95.